The van der Waals surface area contributed by atoms with Crippen LogP contribution in [0.25, 0.3) is 5.65 Å². The van der Waals surface area contributed by atoms with Crippen molar-refractivity contribution in [2.75, 3.05) is 11.1 Å². The summed E-state index contributed by atoms with van der Waals surface area (Å²) in [6.07, 6.45) is 5.32. The summed E-state index contributed by atoms with van der Waals surface area (Å²) in [7, 11) is 0. The molecule has 20 heavy (non-hydrogen) atoms. The topological polar surface area (TPSA) is 68.2 Å². The normalized spacial score (nSPS) is 11.2. The maximum Gasteiger partial charge on any atom is 0.180 e. The zero-order valence-electron chi connectivity index (χ0n) is 11.5. The Morgan fingerprint density at radius 1 is 1.20 bits per heavy atom. The number of hydrogen-bond donors (Lipinski definition) is 2. The maximum absolute atomic E-state index is 5.80. The molecule has 0 radical (unpaired) electrons. The van der Waals surface area contributed by atoms with Gasteiger partial charge in [0.2, 0.25) is 0 Å². The van der Waals surface area contributed by atoms with E-state index in [1.54, 1.807) is 12.4 Å². The molecule has 102 valence electrons. The molecule has 5 nitrogen and oxygen atoms in total. The van der Waals surface area contributed by atoms with Crippen molar-refractivity contribution in [3.8, 4) is 0 Å². The number of nitrogens with zero attached hydrogens (tertiary/aromatic N) is 3. The molecule has 2 heterocycles. The van der Waals surface area contributed by atoms with Crippen molar-refractivity contribution in [2.24, 2.45) is 0 Å². The number of benzene rings is 1. The fourth-order valence-corrected chi connectivity index (χ4v) is 2.12. The number of nitrogens with two attached hydrogens (primary N) is 1. The van der Waals surface area contributed by atoms with Crippen LogP contribution in [0.1, 0.15) is 25.3 Å². The van der Waals surface area contributed by atoms with Crippen LogP contribution in [0.5, 0.6) is 0 Å². The molecule has 0 aliphatic carbocycles. The molecular formula is C15H17N5. The largest absolute Gasteiger partial charge is 0.382 e. The van der Waals surface area contributed by atoms with Gasteiger partial charge >= 0.3 is 0 Å². The second-order valence-electron chi connectivity index (χ2n) is 5.07. The standard InChI is InChI=1S/C15H17N5/c1-10(2)11-3-5-12(6-4-11)18-14-15-17-7-8-20(15)9-13(16)19-14/h3-10H,16H2,1-2H3,(H,18,19). The molecule has 0 spiro atoms. The second-order valence-corrected chi connectivity index (χ2v) is 5.07. The Kier molecular flexibility index (Phi) is 3.02. The predicted molar refractivity (Wildman–Crippen MR) is 81.2 cm³/mol. The van der Waals surface area contributed by atoms with Gasteiger partial charge in [0.05, 0.1) is 6.20 Å². The summed E-state index contributed by atoms with van der Waals surface area (Å²) >= 11 is 0. The zero-order valence-corrected chi connectivity index (χ0v) is 11.5. The summed E-state index contributed by atoms with van der Waals surface area (Å²) < 4.78 is 1.85. The number of rotatable bonds is 3. The number of nitrogen functional groups attached to an aromatic ring is 1. The van der Waals surface area contributed by atoms with Gasteiger partial charge in [0.15, 0.2) is 11.5 Å². The molecule has 0 atom stereocenters. The number of nitrogens with one attached hydrogen (secondary N) is 1. The van der Waals surface area contributed by atoms with Crippen LogP contribution in [0.2, 0.25) is 0 Å². The average Bonchev–Trinajstić information content (AvgIpc) is 2.87. The maximum atomic E-state index is 5.80. The lowest BCUT2D eigenvalue weighted by atomic mass is 10.0. The summed E-state index contributed by atoms with van der Waals surface area (Å²) in [4.78, 5) is 8.59. The summed E-state index contributed by atoms with van der Waals surface area (Å²) in [5.74, 6) is 1.64. The smallest absolute Gasteiger partial charge is 0.180 e. The third-order valence-corrected chi connectivity index (χ3v) is 3.23. The van der Waals surface area contributed by atoms with E-state index < -0.39 is 0 Å². The lowest BCUT2D eigenvalue weighted by Gasteiger charge is -2.10. The minimum Gasteiger partial charge on any atom is -0.382 e. The summed E-state index contributed by atoms with van der Waals surface area (Å²) in [6.45, 7) is 4.35. The van der Waals surface area contributed by atoms with E-state index in [0.717, 1.165) is 11.3 Å². The Labute approximate surface area is 117 Å². The molecule has 0 aliphatic rings. The highest BCUT2D eigenvalue weighted by Crippen LogP contribution is 2.22. The number of fused-ring (bicyclic) bond motifs is 1. The van der Waals surface area contributed by atoms with Gasteiger partial charge in [-0.25, -0.2) is 9.97 Å². The molecule has 0 fully saturated rings. The third kappa shape index (κ3) is 2.30. The van der Waals surface area contributed by atoms with E-state index in [1.807, 2.05) is 22.7 Å². The van der Waals surface area contributed by atoms with Crippen molar-refractivity contribution in [3.63, 3.8) is 0 Å². The van der Waals surface area contributed by atoms with E-state index in [2.05, 4.69) is 41.3 Å². The Hall–Kier alpha value is -2.56. The van der Waals surface area contributed by atoms with Crippen molar-refractivity contribution in [1.82, 2.24) is 14.4 Å². The predicted octanol–water partition coefficient (Wildman–Crippen LogP) is 3.18. The molecule has 0 aliphatic heterocycles. The summed E-state index contributed by atoms with van der Waals surface area (Å²) in [5, 5.41) is 3.27. The highest BCUT2D eigenvalue weighted by Gasteiger charge is 2.07. The van der Waals surface area contributed by atoms with Gasteiger partial charge in [0, 0.05) is 18.1 Å². The summed E-state index contributed by atoms with van der Waals surface area (Å²) in [6, 6.07) is 8.31. The van der Waals surface area contributed by atoms with Crippen molar-refractivity contribution >= 4 is 23.0 Å². The van der Waals surface area contributed by atoms with Crippen molar-refractivity contribution in [3.05, 3.63) is 48.4 Å². The first kappa shape index (κ1) is 12.5. The molecule has 5 heteroatoms. The van der Waals surface area contributed by atoms with Crippen molar-refractivity contribution in [1.29, 1.82) is 0 Å². The molecule has 0 bridgehead atoms. The van der Waals surface area contributed by atoms with Crippen LogP contribution >= 0.6 is 0 Å². The van der Waals surface area contributed by atoms with Gasteiger partial charge in [-0.3, -0.25) is 0 Å². The fraction of sp³-hybridized carbons (Fsp3) is 0.200. The van der Waals surface area contributed by atoms with E-state index >= 15 is 0 Å². The quantitative estimate of drug-likeness (QED) is 0.764. The minimum absolute atomic E-state index is 0.455. The minimum atomic E-state index is 0.455. The fourth-order valence-electron chi connectivity index (χ4n) is 2.12. The number of anilines is 3. The second kappa shape index (κ2) is 4.85. The van der Waals surface area contributed by atoms with Crippen LogP contribution in [0.4, 0.5) is 17.3 Å². The van der Waals surface area contributed by atoms with Crippen LogP contribution in [-0.4, -0.2) is 14.4 Å². The Morgan fingerprint density at radius 2 is 1.95 bits per heavy atom. The Balaban J connectivity index is 1.94. The van der Waals surface area contributed by atoms with E-state index in [0.29, 0.717) is 17.6 Å². The first-order valence-corrected chi connectivity index (χ1v) is 6.59. The lowest BCUT2D eigenvalue weighted by molar-refractivity contribution is 0.867. The van der Waals surface area contributed by atoms with E-state index in [1.165, 1.54) is 5.56 Å². The molecule has 3 rings (SSSR count). The Bertz CT molecular complexity index is 728. The van der Waals surface area contributed by atoms with Crippen molar-refractivity contribution < 1.29 is 0 Å². The van der Waals surface area contributed by atoms with E-state index in [4.69, 9.17) is 5.73 Å². The number of hydrogen-bond acceptors (Lipinski definition) is 4. The number of aromatic nitrogens is 3. The van der Waals surface area contributed by atoms with Crippen LogP contribution in [-0.2, 0) is 0 Å². The van der Waals surface area contributed by atoms with Gasteiger partial charge in [-0.1, -0.05) is 26.0 Å². The first-order valence-electron chi connectivity index (χ1n) is 6.59. The third-order valence-electron chi connectivity index (χ3n) is 3.23. The van der Waals surface area contributed by atoms with Gasteiger partial charge in [-0.2, -0.15) is 0 Å². The molecule has 2 aromatic heterocycles. The summed E-state index contributed by atoms with van der Waals surface area (Å²) in [5.41, 5.74) is 8.84. The lowest BCUT2D eigenvalue weighted by Crippen LogP contribution is -2.02. The van der Waals surface area contributed by atoms with Crippen LogP contribution in [0.3, 0.4) is 0 Å². The van der Waals surface area contributed by atoms with Crippen LogP contribution in [0.15, 0.2) is 42.9 Å². The molecule has 0 unspecified atom stereocenters. The van der Waals surface area contributed by atoms with Gasteiger partial charge < -0.3 is 15.5 Å². The van der Waals surface area contributed by atoms with Gasteiger partial charge in [0.1, 0.15) is 5.82 Å². The monoisotopic (exact) mass is 267 g/mol. The Morgan fingerprint density at radius 3 is 2.65 bits per heavy atom. The molecule has 0 saturated heterocycles. The molecule has 0 saturated carbocycles. The molecule has 1 aromatic carbocycles. The van der Waals surface area contributed by atoms with Crippen LogP contribution in [0, 0.1) is 0 Å². The van der Waals surface area contributed by atoms with E-state index in [9.17, 15) is 0 Å². The molecule has 3 N–H and O–H groups in total. The molecule has 3 aromatic rings. The van der Waals surface area contributed by atoms with Crippen molar-refractivity contribution in [2.45, 2.75) is 19.8 Å². The highest BCUT2D eigenvalue weighted by atomic mass is 15.1. The van der Waals surface area contributed by atoms with Gasteiger partial charge in [0.25, 0.3) is 0 Å². The van der Waals surface area contributed by atoms with Crippen LogP contribution < -0.4 is 11.1 Å². The number of imidazole rings is 1. The van der Waals surface area contributed by atoms with Gasteiger partial charge in [-0.15, -0.1) is 0 Å². The first-order chi connectivity index (χ1) is 9.63. The highest BCUT2D eigenvalue weighted by molar-refractivity contribution is 5.71. The van der Waals surface area contributed by atoms with E-state index in [-0.39, 0.29) is 0 Å². The molecular weight excluding hydrogens is 250 g/mol. The van der Waals surface area contributed by atoms with Gasteiger partial charge in [-0.05, 0) is 23.6 Å². The molecule has 0 amide bonds. The SMILES string of the molecule is CC(C)c1ccc(Nc2nc(N)cn3ccnc23)cc1. The average molecular weight is 267 g/mol. The zero-order chi connectivity index (χ0) is 14.1.